The van der Waals surface area contributed by atoms with Gasteiger partial charge < -0.3 is 10.1 Å². The highest BCUT2D eigenvalue weighted by Crippen LogP contribution is 2.27. The number of hydrogen-bond donors (Lipinski definition) is 1. The quantitative estimate of drug-likeness (QED) is 0.207. The molecule has 1 N–H and O–H groups in total. The molecule has 0 aliphatic heterocycles. The summed E-state index contributed by atoms with van der Waals surface area (Å²) >= 11 is 1.37. The molecule has 1 heterocycles. The van der Waals surface area contributed by atoms with E-state index < -0.39 is 4.92 Å². The van der Waals surface area contributed by atoms with Crippen LogP contribution in [0.25, 0.3) is 5.69 Å². The molecule has 1 amide bonds. The Kier molecular flexibility index (Phi) is 7.36. The van der Waals surface area contributed by atoms with Gasteiger partial charge in [0.25, 0.3) is 11.6 Å². The standard InChI is InChI=1S/C24H20FN5O4S/c1-34-21-5-3-2-4-20(21)23(31)26-14-22-27-28-24(35-15-16-6-8-17(25)9-7-16)29(22)18-10-12-19(13-11-18)30(32)33/h2-13H,14-15H2,1H3,(H,26,31). The zero-order valence-corrected chi connectivity index (χ0v) is 19.4. The molecular weight excluding hydrogens is 473 g/mol. The highest BCUT2D eigenvalue weighted by molar-refractivity contribution is 7.98. The van der Waals surface area contributed by atoms with Crippen LogP contribution in [0.15, 0.2) is 78.0 Å². The number of ether oxygens (including phenoxy) is 1. The van der Waals surface area contributed by atoms with Crippen molar-refractivity contribution in [3.05, 3.63) is 106 Å². The van der Waals surface area contributed by atoms with Crippen molar-refractivity contribution in [2.24, 2.45) is 0 Å². The van der Waals surface area contributed by atoms with Gasteiger partial charge in [0.15, 0.2) is 11.0 Å². The van der Waals surface area contributed by atoms with Gasteiger partial charge in [0.05, 0.1) is 24.1 Å². The molecule has 4 rings (SSSR count). The summed E-state index contributed by atoms with van der Waals surface area (Å²) in [5, 5.41) is 22.9. The molecule has 0 aliphatic rings. The highest BCUT2D eigenvalue weighted by atomic mass is 32.2. The average molecular weight is 494 g/mol. The fourth-order valence-corrected chi connectivity index (χ4v) is 4.23. The number of nitrogens with zero attached hydrogens (tertiary/aromatic N) is 4. The number of benzene rings is 3. The third-order valence-electron chi connectivity index (χ3n) is 5.06. The van der Waals surface area contributed by atoms with Gasteiger partial charge in [-0.2, -0.15) is 0 Å². The largest absolute Gasteiger partial charge is 0.496 e. The molecule has 0 spiro atoms. The molecule has 0 aliphatic carbocycles. The number of carbonyl (C=O) groups excluding carboxylic acids is 1. The molecule has 0 unspecified atom stereocenters. The number of rotatable bonds is 9. The lowest BCUT2D eigenvalue weighted by Gasteiger charge is -2.12. The summed E-state index contributed by atoms with van der Waals surface area (Å²) in [6, 6.07) is 19.0. The van der Waals surface area contributed by atoms with E-state index >= 15 is 0 Å². The van der Waals surface area contributed by atoms with Crippen molar-refractivity contribution in [3.8, 4) is 11.4 Å². The zero-order valence-electron chi connectivity index (χ0n) is 18.6. The lowest BCUT2D eigenvalue weighted by molar-refractivity contribution is -0.384. The van der Waals surface area contributed by atoms with Crippen molar-refractivity contribution in [1.82, 2.24) is 20.1 Å². The van der Waals surface area contributed by atoms with Crippen molar-refractivity contribution in [2.45, 2.75) is 17.5 Å². The molecule has 0 bridgehead atoms. The minimum Gasteiger partial charge on any atom is -0.496 e. The third kappa shape index (κ3) is 5.64. The normalized spacial score (nSPS) is 10.7. The number of amides is 1. The maximum absolute atomic E-state index is 13.2. The van der Waals surface area contributed by atoms with Crippen molar-refractivity contribution >= 4 is 23.4 Å². The summed E-state index contributed by atoms with van der Waals surface area (Å²) in [4.78, 5) is 23.3. The molecule has 0 fully saturated rings. The number of nitro groups is 1. The number of nitro benzene ring substituents is 1. The Morgan fingerprint density at radius 2 is 1.80 bits per heavy atom. The molecule has 11 heteroatoms. The van der Waals surface area contributed by atoms with Gasteiger partial charge in [-0.15, -0.1) is 10.2 Å². The van der Waals surface area contributed by atoms with Crippen LogP contribution in [0.5, 0.6) is 5.75 Å². The SMILES string of the molecule is COc1ccccc1C(=O)NCc1nnc(SCc2ccc(F)cc2)n1-c1ccc([N+](=O)[O-])cc1. The summed E-state index contributed by atoms with van der Waals surface area (Å²) in [7, 11) is 1.49. The summed E-state index contributed by atoms with van der Waals surface area (Å²) in [5.74, 6) is 0.710. The van der Waals surface area contributed by atoms with Crippen LogP contribution in [0.3, 0.4) is 0 Å². The van der Waals surface area contributed by atoms with Gasteiger partial charge in [0.1, 0.15) is 11.6 Å². The van der Waals surface area contributed by atoms with Gasteiger partial charge in [-0.25, -0.2) is 4.39 Å². The maximum Gasteiger partial charge on any atom is 0.269 e. The Labute approximate surface area is 204 Å². The number of non-ortho nitro benzene ring substituents is 1. The first-order chi connectivity index (χ1) is 17.0. The van der Waals surface area contributed by atoms with Gasteiger partial charge >= 0.3 is 0 Å². The van der Waals surface area contributed by atoms with Gasteiger partial charge in [-0.05, 0) is 42.0 Å². The van der Waals surface area contributed by atoms with Gasteiger partial charge in [0, 0.05) is 23.6 Å². The van der Waals surface area contributed by atoms with Gasteiger partial charge in [-0.1, -0.05) is 36.0 Å². The average Bonchev–Trinajstić information content (AvgIpc) is 3.29. The minimum absolute atomic E-state index is 0.0478. The number of thioether (sulfide) groups is 1. The van der Waals surface area contributed by atoms with E-state index in [2.05, 4.69) is 15.5 Å². The molecule has 9 nitrogen and oxygen atoms in total. The van der Waals surface area contributed by atoms with E-state index in [1.165, 1.54) is 43.1 Å². The molecular formula is C24H20FN5O4S. The Hall–Kier alpha value is -4.25. The Bertz CT molecular complexity index is 1340. The number of halogens is 1. The van der Waals surface area contributed by atoms with Crippen molar-refractivity contribution in [1.29, 1.82) is 0 Å². The van der Waals surface area contributed by atoms with E-state index in [9.17, 15) is 19.3 Å². The number of methoxy groups -OCH3 is 1. The van der Waals surface area contributed by atoms with E-state index in [1.54, 1.807) is 53.1 Å². The zero-order chi connectivity index (χ0) is 24.8. The molecule has 3 aromatic carbocycles. The first-order valence-electron chi connectivity index (χ1n) is 10.4. The molecule has 0 atom stereocenters. The van der Waals surface area contributed by atoms with Crippen LogP contribution in [-0.2, 0) is 12.3 Å². The second kappa shape index (κ2) is 10.8. The molecule has 35 heavy (non-hydrogen) atoms. The molecule has 4 aromatic rings. The van der Waals surface area contributed by atoms with Crippen LogP contribution >= 0.6 is 11.8 Å². The topological polar surface area (TPSA) is 112 Å². The second-order valence-corrected chi connectivity index (χ2v) is 8.25. The first-order valence-corrected chi connectivity index (χ1v) is 11.4. The smallest absolute Gasteiger partial charge is 0.269 e. The molecule has 0 radical (unpaired) electrons. The van der Waals surface area contributed by atoms with Gasteiger partial charge in [0.2, 0.25) is 0 Å². The molecule has 0 saturated heterocycles. The van der Waals surface area contributed by atoms with Crippen molar-refractivity contribution < 1.29 is 18.8 Å². The van der Waals surface area contributed by atoms with Gasteiger partial charge in [-0.3, -0.25) is 19.5 Å². The van der Waals surface area contributed by atoms with Crippen molar-refractivity contribution in [2.75, 3.05) is 7.11 Å². The number of hydrogen-bond acceptors (Lipinski definition) is 7. The highest BCUT2D eigenvalue weighted by Gasteiger charge is 2.18. The second-order valence-electron chi connectivity index (χ2n) is 7.31. The van der Waals surface area contributed by atoms with Crippen LogP contribution < -0.4 is 10.1 Å². The van der Waals surface area contributed by atoms with E-state index in [0.29, 0.717) is 33.7 Å². The Morgan fingerprint density at radius 3 is 2.49 bits per heavy atom. The lowest BCUT2D eigenvalue weighted by Crippen LogP contribution is -2.25. The van der Waals surface area contributed by atoms with Crippen LogP contribution in [0.2, 0.25) is 0 Å². The number of nitrogens with one attached hydrogen (secondary N) is 1. The summed E-state index contributed by atoms with van der Waals surface area (Å²) < 4.78 is 20.2. The van der Waals surface area contributed by atoms with E-state index in [4.69, 9.17) is 4.74 Å². The monoisotopic (exact) mass is 493 g/mol. The molecule has 0 saturated carbocycles. The molecule has 1 aromatic heterocycles. The fraction of sp³-hybridized carbons (Fsp3) is 0.125. The molecule has 178 valence electrons. The van der Waals surface area contributed by atoms with Crippen LogP contribution in [0, 0.1) is 15.9 Å². The van der Waals surface area contributed by atoms with Crippen LogP contribution in [0.4, 0.5) is 10.1 Å². The lowest BCUT2D eigenvalue weighted by atomic mass is 10.2. The van der Waals surface area contributed by atoms with Crippen molar-refractivity contribution in [3.63, 3.8) is 0 Å². The predicted molar refractivity (Wildman–Crippen MR) is 128 cm³/mol. The maximum atomic E-state index is 13.2. The summed E-state index contributed by atoms with van der Waals surface area (Å²) in [5.41, 5.74) is 1.82. The van der Waals surface area contributed by atoms with E-state index in [1.807, 2.05) is 0 Å². The Morgan fingerprint density at radius 1 is 1.09 bits per heavy atom. The number of para-hydroxylation sites is 1. The number of aromatic nitrogens is 3. The number of carbonyl (C=O) groups is 1. The fourth-order valence-electron chi connectivity index (χ4n) is 3.31. The van der Waals surface area contributed by atoms with E-state index in [-0.39, 0.29) is 24.0 Å². The summed E-state index contributed by atoms with van der Waals surface area (Å²) in [6.45, 7) is 0.0535. The van der Waals surface area contributed by atoms with Crippen LogP contribution in [-0.4, -0.2) is 32.7 Å². The predicted octanol–water partition coefficient (Wildman–Crippen LogP) is 4.55. The Balaban J connectivity index is 1.60. The van der Waals surface area contributed by atoms with Crippen LogP contribution in [0.1, 0.15) is 21.7 Å². The minimum atomic E-state index is -0.478. The third-order valence-corrected chi connectivity index (χ3v) is 6.06. The van der Waals surface area contributed by atoms with E-state index in [0.717, 1.165) is 5.56 Å². The summed E-state index contributed by atoms with van der Waals surface area (Å²) in [6.07, 6.45) is 0. The first kappa shape index (κ1) is 23.9.